The van der Waals surface area contributed by atoms with E-state index in [1.807, 2.05) is 0 Å². The molecule has 4 aromatic rings. The second-order valence-electron chi connectivity index (χ2n) is 7.13. The van der Waals surface area contributed by atoms with E-state index >= 15 is 0 Å². The molecule has 0 aliphatic heterocycles. The summed E-state index contributed by atoms with van der Waals surface area (Å²) in [7, 11) is 0. The Morgan fingerprint density at radius 1 is 1.07 bits per heavy atom. The van der Waals surface area contributed by atoms with Crippen LogP contribution < -0.4 is 0 Å². The summed E-state index contributed by atoms with van der Waals surface area (Å²) in [6.45, 7) is 2.86. The normalized spacial score (nSPS) is 14.8. The largest absolute Gasteiger partial charge is 0.381 e. The summed E-state index contributed by atoms with van der Waals surface area (Å²) in [4.78, 5) is 3.82. The Labute approximate surface area is 168 Å². The monoisotopic (exact) mass is 419 g/mol. The fourth-order valence-electron chi connectivity index (χ4n) is 3.73. The number of benzene rings is 2. The zero-order chi connectivity index (χ0) is 21.6. The Morgan fingerprint density at radius 2 is 1.80 bits per heavy atom. The molecule has 0 spiro atoms. The van der Waals surface area contributed by atoms with Gasteiger partial charge in [-0.25, -0.2) is 27.2 Å². The number of fused-ring (bicyclic) bond motifs is 1. The van der Waals surface area contributed by atoms with Crippen molar-refractivity contribution in [1.82, 2.24) is 24.5 Å². The molecule has 0 saturated carbocycles. The van der Waals surface area contributed by atoms with Gasteiger partial charge in [-0.1, -0.05) is 6.07 Å². The first-order valence-corrected chi connectivity index (χ1v) is 9.05. The number of nitrogens with zero attached hydrogens (tertiary/aromatic N) is 5. The summed E-state index contributed by atoms with van der Waals surface area (Å²) in [6.07, 6.45) is 2.58. The number of aliphatic hydroxyl groups is 1. The van der Waals surface area contributed by atoms with Crippen molar-refractivity contribution in [1.29, 1.82) is 0 Å². The standard InChI is InChI=1S/C20H17F4N5O/c1-11-19-17(24)6-14(22)7-18(19)27-29(11)12(2)20(30,8-28-10-25-9-26-28)15-4-3-13(21)5-16(15)23/h3-7,9-10,12,30H,8H2,1-2H3/t12-,20-/m1/s1. The minimum atomic E-state index is -1.98. The van der Waals surface area contributed by atoms with Crippen LogP contribution in [0.2, 0.25) is 0 Å². The van der Waals surface area contributed by atoms with E-state index in [1.165, 1.54) is 22.0 Å². The topological polar surface area (TPSA) is 68.8 Å². The van der Waals surface area contributed by atoms with E-state index in [-0.39, 0.29) is 23.0 Å². The van der Waals surface area contributed by atoms with E-state index in [2.05, 4.69) is 15.2 Å². The second-order valence-corrected chi connectivity index (χ2v) is 7.13. The zero-order valence-corrected chi connectivity index (χ0v) is 16.0. The summed E-state index contributed by atoms with van der Waals surface area (Å²) in [5.74, 6) is -3.35. The number of hydrogen-bond donors (Lipinski definition) is 1. The van der Waals surface area contributed by atoms with E-state index in [9.17, 15) is 22.7 Å². The molecule has 0 saturated heterocycles. The molecule has 0 aliphatic carbocycles. The molecule has 0 radical (unpaired) electrons. The predicted octanol–water partition coefficient (Wildman–Crippen LogP) is 3.64. The first kappa shape index (κ1) is 20.0. The van der Waals surface area contributed by atoms with Crippen LogP contribution in [-0.2, 0) is 12.1 Å². The first-order chi connectivity index (χ1) is 14.2. The Morgan fingerprint density at radius 3 is 2.47 bits per heavy atom. The van der Waals surface area contributed by atoms with E-state index in [1.54, 1.807) is 13.8 Å². The van der Waals surface area contributed by atoms with Crippen LogP contribution in [0.25, 0.3) is 10.9 Å². The highest BCUT2D eigenvalue weighted by Crippen LogP contribution is 2.38. The quantitative estimate of drug-likeness (QED) is 0.502. The van der Waals surface area contributed by atoms with Crippen molar-refractivity contribution in [3.05, 3.63) is 77.5 Å². The minimum absolute atomic E-state index is 0.0551. The molecular weight excluding hydrogens is 402 g/mol. The van der Waals surface area contributed by atoms with E-state index in [0.29, 0.717) is 11.8 Å². The summed E-state index contributed by atoms with van der Waals surface area (Å²) >= 11 is 0. The van der Waals surface area contributed by atoms with Crippen molar-refractivity contribution in [2.24, 2.45) is 0 Å². The molecule has 2 atom stereocenters. The predicted molar refractivity (Wildman–Crippen MR) is 99.4 cm³/mol. The second kappa shape index (κ2) is 7.21. The third kappa shape index (κ3) is 3.22. The third-order valence-electron chi connectivity index (χ3n) is 5.28. The fraction of sp³-hybridized carbons (Fsp3) is 0.250. The molecule has 10 heteroatoms. The number of aryl methyl sites for hydroxylation is 1. The van der Waals surface area contributed by atoms with E-state index in [0.717, 1.165) is 24.3 Å². The molecule has 0 aliphatic rings. The maximum Gasteiger partial charge on any atom is 0.137 e. The molecule has 2 heterocycles. The van der Waals surface area contributed by atoms with Crippen LogP contribution in [0.1, 0.15) is 24.2 Å². The Balaban J connectivity index is 1.90. The summed E-state index contributed by atoms with van der Waals surface area (Å²) in [5, 5.41) is 19.9. The third-order valence-corrected chi connectivity index (χ3v) is 5.28. The van der Waals surface area contributed by atoms with Gasteiger partial charge in [0.25, 0.3) is 0 Å². The maximum atomic E-state index is 14.7. The van der Waals surface area contributed by atoms with Crippen LogP contribution in [0.15, 0.2) is 43.0 Å². The molecule has 6 nitrogen and oxygen atoms in total. The van der Waals surface area contributed by atoms with Gasteiger partial charge >= 0.3 is 0 Å². The molecule has 0 unspecified atom stereocenters. The Bertz CT molecular complexity index is 1220. The van der Waals surface area contributed by atoms with Crippen molar-refractivity contribution < 1.29 is 22.7 Å². The molecule has 0 fully saturated rings. The number of rotatable bonds is 5. The van der Waals surface area contributed by atoms with E-state index in [4.69, 9.17) is 0 Å². The first-order valence-electron chi connectivity index (χ1n) is 9.05. The van der Waals surface area contributed by atoms with Crippen LogP contribution in [0.3, 0.4) is 0 Å². The summed E-state index contributed by atoms with van der Waals surface area (Å²) in [5.41, 5.74) is -1.81. The lowest BCUT2D eigenvalue weighted by molar-refractivity contribution is -0.0373. The number of aromatic nitrogens is 5. The lowest BCUT2D eigenvalue weighted by Gasteiger charge is -2.35. The molecule has 4 rings (SSSR count). The number of hydrogen-bond acceptors (Lipinski definition) is 4. The van der Waals surface area contributed by atoms with Crippen molar-refractivity contribution in [3.63, 3.8) is 0 Å². The lowest BCUT2D eigenvalue weighted by Crippen LogP contribution is -2.41. The summed E-state index contributed by atoms with van der Waals surface area (Å²) < 4.78 is 58.7. The van der Waals surface area contributed by atoms with Crippen molar-refractivity contribution >= 4 is 10.9 Å². The zero-order valence-electron chi connectivity index (χ0n) is 16.0. The van der Waals surface area contributed by atoms with Crippen LogP contribution in [0.5, 0.6) is 0 Å². The van der Waals surface area contributed by atoms with Gasteiger partial charge < -0.3 is 5.11 Å². The molecule has 156 valence electrons. The highest BCUT2D eigenvalue weighted by atomic mass is 19.1. The molecule has 2 aromatic carbocycles. The van der Waals surface area contributed by atoms with Crippen molar-refractivity contribution in [2.45, 2.75) is 32.0 Å². The maximum absolute atomic E-state index is 14.7. The summed E-state index contributed by atoms with van der Waals surface area (Å²) in [6, 6.07) is 3.67. The van der Waals surface area contributed by atoms with Gasteiger partial charge in [-0.05, 0) is 19.9 Å². The number of halogens is 4. The van der Waals surface area contributed by atoms with Crippen LogP contribution in [0, 0.1) is 30.2 Å². The smallest absolute Gasteiger partial charge is 0.137 e. The van der Waals surface area contributed by atoms with Gasteiger partial charge in [0.2, 0.25) is 0 Å². The van der Waals surface area contributed by atoms with Crippen LogP contribution in [-0.4, -0.2) is 29.7 Å². The van der Waals surface area contributed by atoms with Crippen LogP contribution >= 0.6 is 0 Å². The Hall–Kier alpha value is -3.27. The SMILES string of the molecule is Cc1c2c(F)cc(F)cc2nn1[C@H](C)[C@](O)(Cn1cncn1)c1ccc(F)cc1F. The molecule has 1 N–H and O–H groups in total. The fourth-order valence-corrected chi connectivity index (χ4v) is 3.73. The van der Waals surface area contributed by atoms with Gasteiger partial charge in [-0.2, -0.15) is 10.2 Å². The van der Waals surface area contributed by atoms with Gasteiger partial charge in [0.15, 0.2) is 0 Å². The van der Waals surface area contributed by atoms with Gasteiger partial charge in [0.05, 0.1) is 23.5 Å². The lowest BCUT2D eigenvalue weighted by atomic mass is 9.86. The molecular formula is C20H17F4N5O. The molecule has 30 heavy (non-hydrogen) atoms. The highest BCUT2D eigenvalue weighted by molar-refractivity contribution is 5.82. The van der Waals surface area contributed by atoms with Gasteiger partial charge in [0.1, 0.15) is 41.5 Å². The van der Waals surface area contributed by atoms with Crippen molar-refractivity contribution in [2.75, 3.05) is 0 Å². The van der Waals surface area contributed by atoms with Gasteiger partial charge in [-0.15, -0.1) is 0 Å². The van der Waals surface area contributed by atoms with E-state index < -0.39 is 34.9 Å². The average Bonchev–Trinajstić information content (AvgIpc) is 3.28. The van der Waals surface area contributed by atoms with Gasteiger partial charge in [0, 0.05) is 29.5 Å². The average molecular weight is 419 g/mol. The van der Waals surface area contributed by atoms with Crippen molar-refractivity contribution in [3.8, 4) is 0 Å². The van der Waals surface area contributed by atoms with Gasteiger partial charge in [-0.3, -0.25) is 4.68 Å². The molecule has 2 aromatic heterocycles. The molecule has 0 amide bonds. The minimum Gasteiger partial charge on any atom is -0.381 e. The Kier molecular flexibility index (Phi) is 4.81. The highest BCUT2D eigenvalue weighted by Gasteiger charge is 2.41. The van der Waals surface area contributed by atoms with Crippen LogP contribution in [0.4, 0.5) is 17.6 Å². The molecule has 0 bridgehead atoms.